The molecule has 2 N–H and O–H groups in total. The highest BCUT2D eigenvalue weighted by Gasteiger charge is 2.37. The van der Waals surface area contributed by atoms with Crippen LogP contribution in [-0.2, 0) is 16.6 Å². The lowest BCUT2D eigenvalue weighted by Crippen LogP contribution is -2.53. The van der Waals surface area contributed by atoms with Crippen molar-refractivity contribution in [2.24, 2.45) is 5.92 Å². The van der Waals surface area contributed by atoms with Crippen molar-refractivity contribution in [3.05, 3.63) is 35.9 Å². The van der Waals surface area contributed by atoms with Crippen molar-refractivity contribution in [2.75, 3.05) is 25.9 Å². The number of likely N-dealkylation sites (tertiary alicyclic amines) is 1. The van der Waals surface area contributed by atoms with Crippen LogP contribution < -0.4 is 4.72 Å². The highest BCUT2D eigenvalue weighted by atomic mass is 32.2. The van der Waals surface area contributed by atoms with Gasteiger partial charge in [0, 0.05) is 32.1 Å². The molecule has 2 rings (SSSR count). The zero-order valence-corrected chi connectivity index (χ0v) is 13.4. The van der Waals surface area contributed by atoms with Crippen LogP contribution in [-0.4, -0.2) is 49.9 Å². The molecule has 6 heteroatoms. The molecule has 0 radical (unpaired) electrons. The van der Waals surface area contributed by atoms with Crippen molar-refractivity contribution < 1.29 is 13.5 Å². The third kappa shape index (κ3) is 5.07. The van der Waals surface area contributed by atoms with Gasteiger partial charge in [-0.3, -0.25) is 4.90 Å². The van der Waals surface area contributed by atoms with Gasteiger partial charge >= 0.3 is 0 Å². The quantitative estimate of drug-likeness (QED) is 0.844. The monoisotopic (exact) mass is 312 g/mol. The van der Waals surface area contributed by atoms with E-state index in [1.807, 2.05) is 18.2 Å². The standard InChI is InChI=1S/C15H24N2O3S/c1-15(18)8-9-17(11-13-6-4-3-5-7-13)12-14(15)10-16-21(2,19)20/h3-7,14,16,18H,8-12H2,1-2H3. The summed E-state index contributed by atoms with van der Waals surface area (Å²) in [7, 11) is -3.23. The van der Waals surface area contributed by atoms with Gasteiger partial charge in [0.15, 0.2) is 0 Å². The number of sulfonamides is 1. The molecule has 118 valence electrons. The molecule has 5 nitrogen and oxygen atoms in total. The van der Waals surface area contributed by atoms with Crippen LogP contribution in [0.15, 0.2) is 30.3 Å². The van der Waals surface area contributed by atoms with Crippen LogP contribution in [0.2, 0.25) is 0 Å². The van der Waals surface area contributed by atoms with Gasteiger partial charge < -0.3 is 5.11 Å². The van der Waals surface area contributed by atoms with Crippen molar-refractivity contribution in [1.29, 1.82) is 0 Å². The Labute approximate surface area is 127 Å². The van der Waals surface area contributed by atoms with E-state index >= 15 is 0 Å². The number of hydrogen-bond donors (Lipinski definition) is 2. The molecular formula is C15H24N2O3S. The minimum atomic E-state index is -3.23. The summed E-state index contributed by atoms with van der Waals surface area (Å²) < 4.78 is 25.0. The first-order valence-corrected chi connectivity index (χ1v) is 9.09. The van der Waals surface area contributed by atoms with Gasteiger partial charge in [0.2, 0.25) is 10.0 Å². The summed E-state index contributed by atoms with van der Waals surface area (Å²) >= 11 is 0. The van der Waals surface area contributed by atoms with Crippen LogP contribution >= 0.6 is 0 Å². The van der Waals surface area contributed by atoms with Gasteiger partial charge in [0.1, 0.15) is 0 Å². The maximum absolute atomic E-state index is 11.3. The molecule has 1 saturated heterocycles. The fourth-order valence-electron chi connectivity index (χ4n) is 2.71. The minimum absolute atomic E-state index is 0.107. The molecule has 2 atom stereocenters. The number of aliphatic hydroxyl groups is 1. The Balaban J connectivity index is 1.98. The van der Waals surface area contributed by atoms with E-state index in [9.17, 15) is 13.5 Å². The third-order valence-corrected chi connectivity index (χ3v) is 4.82. The van der Waals surface area contributed by atoms with E-state index in [1.54, 1.807) is 6.92 Å². The number of benzene rings is 1. The van der Waals surface area contributed by atoms with Crippen molar-refractivity contribution in [2.45, 2.75) is 25.5 Å². The smallest absolute Gasteiger partial charge is 0.208 e. The molecule has 0 aliphatic carbocycles. The van der Waals surface area contributed by atoms with Crippen LogP contribution in [0.3, 0.4) is 0 Å². The van der Waals surface area contributed by atoms with Gasteiger partial charge in [-0.05, 0) is 18.9 Å². The summed E-state index contributed by atoms with van der Waals surface area (Å²) in [4.78, 5) is 2.27. The molecule has 1 aliphatic rings. The van der Waals surface area contributed by atoms with E-state index in [0.29, 0.717) is 13.0 Å². The van der Waals surface area contributed by atoms with E-state index in [0.717, 1.165) is 19.3 Å². The van der Waals surface area contributed by atoms with Gasteiger partial charge in [0.05, 0.1) is 11.9 Å². The molecule has 0 bridgehead atoms. The van der Waals surface area contributed by atoms with Gasteiger partial charge in [-0.1, -0.05) is 30.3 Å². The average Bonchev–Trinajstić information content (AvgIpc) is 2.39. The lowest BCUT2D eigenvalue weighted by atomic mass is 9.82. The highest BCUT2D eigenvalue weighted by Crippen LogP contribution is 2.28. The maximum atomic E-state index is 11.3. The van der Waals surface area contributed by atoms with E-state index < -0.39 is 15.6 Å². The Kier molecular flexibility index (Phi) is 5.03. The molecule has 1 heterocycles. The third-order valence-electron chi connectivity index (χ3n) is 4.13. The van der Waals surface area contributed by atoms with E-state index in [-0.39, 0.29) is 12.5 Å². The number of hydrogen-bond acceptors (Lipinski definition) is 4. The normalized spacial score (nSPS) is 27.7. The lowest BCUT2D eigenvalue weighted by molar-refractivity contribution is -0.0570. The molecule has 0 aromatic heterocycles. The second kappa shape index (κ2) is 6.44. The molecule has 0 spiro atoms. The first-order chi connectivity index (χ1) is 9.76. The largest absolute Gasteiger partial charge is 0.390 e. The molecule has 0 saturated carbocycles. The Morgan fingerprint density at radius 3 is 2.67 bits per heavy atom. The summed E-state index contributed by atoms with van der Waals surface area (Å²) in [5.41, 5.74) is 0.402. The van der Waals surface area contributed by atoms with Crippen LogP contribution in [0.5, 0.6) is 0 Å². The van der Waals surface area contributed by atoms with Crippen LogP contribution in [0.4, 0.5) is 0 Å². The molecule has 1 aromatic rings. The molecule has 1 aliphatic heterocycles. The molecule has 1 aromatic carbocycles. The topological polar surface area (TPSA) is 69.6 Å². The SMILES string of the molecule is CC1(O)CCN(Cc2ccccc2)CC1CNS(C)(=O)=O. The molecular weight excluding hydrogens is 288 g/mol. The second-order valence-electron chi connectivity index (χ2n) is 6.15. The number of nitrogens with one attached hydrogen (secondary N) is 1. The fourth-order valence-corrected chi connectivity index (χ4v) is 3.21. The Hall–Kier alpha value is -0.950. The summed E-state index contributed by atoms with van der Waals surface area (Å²) in [5.74, 6) is -0.107. The minimum Gasteiger partial charge on any atom is -0.390 e. The lowest BCUT2D eigenvalue weighted by Gasteiger charge is -2.42. The van der Waals surface area contributed by atoms with E-state index in [2.05, 4.69) is 21.8 Å². The van der Waals surface area contributed by atoms with Crippen molar-refractivity contribution in [3.8, 4) is 0 Å². The molecule has 2 unspecified atom stereocenters. The number of rotatable bonds is 5. The number of nitrogens with zero attached hydrogens (tertiary/aromatic N) is 1. The highest BCUT2D eigenvalue weighted by molar-refractivity contribution is 7.88. The molecule has 1 fully saturated rings. The first-order valence-electron chi connectivity index (χ1n) is 7.19. The summed E-state index contributed by atoms with van der Waals surface area (Å²) in [5, 5.41) is 10.5. The summed E-state index contributed by atoms with van der Waals surface area (Å²) in [6, 6.07) is 10.2. The predicted molar refractivity (Wildman–Crippen MR) is 83.3 cm³/mol. The maximum Gasteiger partial charge on any atom is 0.208 e. The van der Waals surface area contributed by atoms with Crippen molar-refractivity contribution >= 4 is 10.0 Å². The Morgan fingerprint density at radius 1 is 1.38 bits per heavy atom. The second-order valence-corrected chi connectivity index (χ2v) is 7.98. The first kappa shape index (κ1) is 16.4. The zero-order valence-electron chi connectivity index (χ0n) is 12.6. The van der Waals surface area contributed by atoms with Gasteiger partial charge in [-0.15, -0.1) is 0 Å². The van der Waals surface area contributed by atoms with E-state index in [1.165, 1.54) is 5.56 Å². The van der Waals surface area contributed by atoms with Crippen molar-refractivity contribution in [3.63, 3.8) is 0 Å². The van der Waals surface area contributed by atoms with Crippen LogP contribution in [0.1, 0.15) is 18.9 Å². The van der Waals surface area contributed by atoms with Gasteiger partial charge in [-0.2, -0.15) is 0 Å². The summed E-state index contributed by atoms with van der Waals surface area (Å²) in [6.45, 7) is 4.40. The molecule has 21 heavy (non-hydrogen) atoms. The van der Waals surface area contributed by atoms with Gasteiger partial charge in [0.25, 0.3) is 0 Å². The Morgan fingerprint density at radius 2 is 2.05 bits per heavy atom. The Bertz CT molecular complexity index is 558. The molecule has 0 amide bonds. The fraction of sp³-hybridized carbons (Fsp3) is 0.600. The van der Waals surface area contributed by atoms with Crippen molar-refractivity contribution in [1.82, 2.24) is 9.62 Å². The van der Waals surface area contributed by atoms with Gasteiger partial charge in [-0.25, -0.2) is 13.1 Å². The van der Waals surface area contributed by atoms with Crippen LogP contribution in [0.25, 0.3) is 0 Å². The number of piperidine rings is 1. The van der Waals surface area contributed by atoms with Crippen LogP contribution in [0, 0.1) is 5.92 Å². The summed E-state index contributed by atoms with van der Waals surface area (Å²) in [6.07, 6.45) is 1.79. The predicted octanol–water partition coefficient (Wildman–Crippen LogP) is 0.809. The van der Waals surface area contributed by atoms with E-state index in [4.69, 9.17) is 0 Å². The average molecular weight is 312 g/mol. The zero-order chi connectivity index (χ0) is 15.5.